The molecule has 0 aliphatic rings. The summed E-state index contributed by atoms with van der Waals surface area (Å²) in [6.07, 6.45) is 2.33. The van der Waals surface area contributed by atoms with Gasteiger partial charge in [-0.05, 0) is 49.9 Å². The Morgan fingerprint density at radius 2 is 1.72 bits per heavy atom. The summed E-state index contributed by atoms with van der Waals surface area (Å²) in [6, 6.07) is 17.1. The average Bonchev–Trinajstić information content (AvgIpc) is 2.59. The summed E-state index contributed by atoms with van der Waals surface area (Å²) in [5, 5.41) is 1.80. The van der Waals surface area contributed by atoms with Gasteiger partial charge in [0.2, 0.25) is 10.0 Å². The molecule has 0 amide bonds. The molecule has 0 aromatic heterocycles. The molecule has 1 N–H and O–H groups in total. The third kappa shape index (κ3) is 7.00. The van der Waals surface area contributed by atoms with Crippen molar-refractivity contribution in [2.24, 2.45) is 0 Å². The lowest BCUT2D eigenvalue weighted by molar-refractivity contribution is 0.292. The van der Waals surface area contributed by atoms with Crippen LogP contribution in [0, 0.1) is 0 Å². The molecule has 4 nitrogen and oxygen atoms in total. The Balaban J connectivity index is 1.97. The lowest BCUT2D eigenvalue weighted by Gasteiger charge is -2.24. The van der Waals surface area contributed by atoms with Gasteiger partial charge in [-0.15, -0.1) is 0 Å². The summed E-state index contributed by atoms with van der Waals surface area (Å²) in [7, 11) is 0.399. The van der Waals surface area contributed by atoms with Crippen LogP contribution in [0.5, 0.6) is 0 Å². The normalized spacial score (nSPS) is 13.4. The van der Waals surface area contributed by atoms with Crippen molar-refractivity contribution >= 4 is 27.7 Å². The van der Waals surface area contributed by atoms with Crippen LogP contribution in [0.15, 0.2) is 60.0 Å². The Bertz CT molecular complexity index is 788. The van der Waals surface area contributed by atoms with Crippen molar-refractivity contribution in [1.29, 1.82) is 0 Å². The fourth-order valence-corrected chi connectivity index (χ4v) is 3.31. The van der Waals surface area contributed by atoms with E-state index in [4.69, 9.17) is 11.6 Å². The van der Waals surface area contributed by atoms with Gasteiger partial charge in [0.25, 0.3) is 0 Å². The highest BCUT2D eigenvalue weighted by Gasteiger charge is 2.15. The molecular formula is C19H23ClN2O2S. The van der Waals surface area contributed by atoms with E-state index >= 15 is 0 Å². The van der Waals surface area contributed by atoms with Gasteiger partial charge in [0.15, 0.2) is 0 Å². The molecule has 6 heteroatoms. The Kier molecular flexibility index (Phi) is 7.20. The van der Waals surface area contributed by atoms with E-state index in [0.717, 1.165) is 12.0 Å². The van der Waals surface area contributed by atoms with Crippen LogP contribution in [0.2, 0.25) is 5.02 Å². The van der Waals surface area contributed by atoms with E-state index in [-0.39, 0.29) is 6.04 Å². The van der Waals surface area contributed by atoms with Crippen LogP contribution in [-0.4, -0.2) is 40.0 Å². The van der Waals surface area contributed by atoms with E-state index in [2.05, 4.69) is 4.72 Å². The van der Waals surface area contributed by atoms with Crippen molar-refractivity contribution in [1.82, 2.24) is 9.62 Å². The van der Waals surface area contributed by atoms with Crippen LogP contribution < -0.4 is 4.72 Å². The van der Waals surface area contributed by atoms with E-state index in [0.29, 0.717) is 11.6 Å². The molecule has 25 heavy (non-hydrogen) atoms. The molecule has 0 saturated heterocycles. The van der Waals surface area contributed by atoms with E-state index in [1.165, 1.54) is 11.0 Å². The molecule has 2 rings (SSSR count). The minimum atomic E-state index is -3.50. The van der Waals surface area contributed by atoms with Gasteiger partial charge in [0, 0.05) is 23.0 Å². The molecule has 0 radical (unpaired) electrons. The maximum absolute atomic E-state index is 12.2. The summed E-state index contributed by atoms with van der Waals surface area (Å²) in [5.41, 5.74) is 1.96. The fraction of sp³-hybridized carbons (Fsp3) is 0.263. The molecule has 0 spiro atoms. The molecular weight excluding hydrogens is 356 g/mol. The van der Waals surface area contributed by atoms with E-state index in [9.17, 15) is 8.42 Å². The Labute approximate surface area is 155 Å². The zero-order valence-electron chi connectivity index (χ0n) is 14.4. The first-order valence-corrected chi connectivity index (χ1v) is 9.92. The average molecular weight is 379 g/mol. The molecule has 1 unspecified atom stereocenters. The second kappa shape index (κ2) is 9.15. The van der Waals surface area contributed by atoms with Crippen LogP contribution in [-0.2, 0) is 16.4 Å². The molecule has 0 fully saturated rings. The topological polar surface area (TPSA) is 49.4 Å². The van der Waals surface area contributed by atoms with Gasteiger partial charge in [0.05, 0.1) is 0 Å². The standard InChI is InChI=1S/C19H23ClN2O2S/c1-22(2)19(14-17-6-4-3-5-7-17)15-21-25(23,24)13-12-16-8-10-18(20)11-9-16/h3-13,19,21H,14-15H2,1-2H3. The third-order valence-electron chi connectivity index (χ3n) is 3.87. The van der Waals surface area contributed by atoms with Crippen molar-refractivity contribution in [3.63, 3.8) is 0 Å². The number of rotatable bonds is 8. The van der Waals surface area contributed by atoms with Crippen molar-refractivity contribution in [3.05, 3.63) is 76.2 Å². The number of sulfonamides is 1. The lowest BCUT2D eigenvalue weighted by Crippen LogP contribution is -2.41. The first-order chi connectivity index (χ1) is 11.9. The number of nitrogens with zero attached hydrogens (tertiary/aromatic N) is 1. The van der Waals surface area contributed by atoms with Gasteiger partial charge in [0.1, 0.15) is 0 Å². The van der Waals surface area contributed by atoms with Crippen LogP contribution in [0.3, 0.4) is 0 Å². The van der Waals surface area contributed by atoms with Gasteiger partial charge in [-0.1, -0.05) is 54.1 Å². The Hall–Kier alpha value is -1.66. The van der Waals surface area contributed by atoms with E-state index in [1.807, 2.05) is 49.3 Å². The lowest BCUT2D eigenvalue weighted by atomic mass is 10.1. The largest absolute Gasteiger partial charge is 0.305 e. The van der Waals surface area contributed by atoms with Crippen LogP contribution in [0.25, 0.3) is 6.08 Å². The zero-order valence-corrected chi connectivity index (χ0v) is 16.0. The maximum Gasteiger partial charge on any atom is 0.233 e. The zero-order chi connectivity index (χ0) is 18.3. The second-order valence-corrected chi connectivity index (χ2v) is 8.14. The Morgan fingerprint density at radius 3 is 2.32 bits per heavy atom. The van der Waals surface area contributed by atoms with Crippen molar-refractivity contribution in [2.75, 3.05) is 20.6 Å². The molecule has 0 aliphatic carbocycles. The van der Waals surface area contributed by atoms with E-state index in [1.54, 1.807) is 30.3 Å². The van der Waals surface area contributed by atoms with Crippen molar-refractivity contribution < 1.29 is 8.42 Å². The van der Waals surface area contributed by atoms with Gasteiger partial charge >= 0.3 is 0 Å². The predicted octanol–water partition coefficient (Wildman–Crippen LogP) is 3.40. The van der Waals surface area contributed by atoms with Crippen LogP contribution >= 0.6 is 11.6 Å². The smallest absolute Gasteiger partial charge is 0.233 e. The number of likely N-dealkylation sites (N-methyl/N-ethyl adjacent to an activating group) is 1. The summed E-state index contributed by atoms with van der Waals surface area (Å²) in [5.74, 6) is 0. The number of hydrogen-bond donors (Lipinski definition) is 1. The molecule has 0 bridgehead atoms. The minimum absolute atomic E-state index is 0.0705. The maximum atomic E-state index is 12.2. The van der Waals surface area contributed by atoms with Gasteiger partial charge in [-0.3, -0.25) is 0 Å². The molecule has 134 valence electrons. The first-order valence-electron chi connectivity index (χ1n) is 7.99. The predicted molar refractivity (Wildman–Crippen MR) is 105 cm³/mol. The monoisotopic (exact) mass is 378 g/mol. The molecule has 2 aromatic carbocycles. The highest BCUT2D eigenvalue weighted by atomic mass is 35.5. The number of hydrogen-bond acceptors (Lipinski definition) is 3. The van der Waals surface area contributed by atoms with Crippen molar-refractivity contribution in [3.8, 4) is 0 Å². The molecule has 0 saturated carbocycles. The van der Waals surface area contributed by atoms with E-state index < -0.39 is 10.0 Å². The fourth-order valence-electron chi connectivity index (χ4n) is 2.33. The third-order valence-corrected chi connectivity index (χ3v) is 5.19. The molecule has 2 aromatic rings. The van der Waals surface area contributed by atoms with Crippen molar-refractivity contribution in [2.45, 2.75) is 12.5 Å². The number of nitrogens with one attached hydrogen (secondary N) is 1. The quantitative estimate of drug-likeness (QED) is 0.765. The summed E-state index contributed by atoms with van der Waals surface area (Å²) >= 11 is 5.82. The Morgan fingerprint density at radius 1 is 1.08 bits per heavy atom. The SMILES string of the molecule is CN(C)C(CNS(=O)(=O)C=Cc1ccc(Cl)cc1)Cc1ccccc1. The highest BCUT2D eigenvalue weighted by molar-refractivity contribution is 7.92. The van der Waals surface area contributed by atoms with Crippen LogP contribution in [0.1, 0.15) is 11.1 Å². The molecule has 0 aliphatic heterocycles. The number of halogens is 1. The van der Waals surface area contributed by atoms with Crippen LogP contribution in [0.4, 0.5) is 0 Å². The summed E-state index contributed by atoms with van der Waals surface area (Å²) in [6.45, 7) is 0.342. The second-order valence-electron chi connectivity index (χ2n) is 6.05. The molecule has 0 heterocycles. The number of benzene rings is 2. The summed E-state index contributed by atoms with van der Waals surface area (Å²) in [4.78, 5) is 2.03. The molecule has 1 atom stereocenters. The highest BCUT2D eigenvalue weighted by Crippen LogP contribution is 2.11. The first kappa shape index (κ1) is 19.7. The summed E-state index contributed by atoms with van der Waals surface area (Å²) < 4.78 is 27.1. The van der Waals surface area contributed by atoms with Gasteiger partial charge in [-0.25, -0.2) is 13.1 Å². The minimum Gasteiger partial charge on any atom is -0.305 e. The van der Waals surface area contributed by atoms with Gasteiger partial charge < -0.3 is 4.90 Å². The van der Waals surface area contributed by atoms with Gasteiger partial charge in [-0.2, -0.15) is 0 Å².